The van der Waals surface area contributed by atoms with Gasteiger partial charge in [-0.25, -0.2) is 0 Å². The van der Waals surface area contributed by atoms with Crippen LogP contribution in [0.25, 0.3) is 0 Å². The first-order chi connectivity index (χ1) is 8.66. The average molecular weight is 284 g/mol. The van der Waals surface area contributed by atoms with E-state index >= 15 is 0 Å². The zero-order valence-corrected chi connectivity index (χ0v) is 11.2. The number of aliphatic hydroxyl groups excluding tert-OH is 1. The number of hydrogen-bond donors (Lipinski definition) is 3. The molecule has 0 saturated heterocycles. The number of hydrogen-bond acceptors (Lipinski definition) is 4. The highest BCUT2D eigenvalue weighted by atomic mass is 35.5. The van der Waals surface area contributed by atoms with Gasteiger partial charge >= 0.3 is 0 Å². The number of benzene rings is 1. The van der Waals surface area contributed by atoms with Gasteiger partial charge in [0.15, 0.2) is 0 Å². The lowest BCUT2D eigenvalue weighted by Gasteiger charge is -2.11. The molecular formula is C13H14ClNO2S. The van der Waals surface area contributed by atoms with Crippen LogP contribution in [0.4, 0.5) is 0 Å². The predicted molar refractivity (Wildman–Crippen MR) is 74.1 cm³/mol. The Bertz CT molecular complexity index is 502. The standard InChI is InChI=1S/C13H14ClNO2S/c14-11-1-2-12(16)10(5-11)6-15-7-13(17)9-3-4-18-8-9/h1-5,8,13,15-17H,6-7H2. The van der Waals surface area contributed by atoms with Crippen LogP contribution < -0.4 is 5.32 Å². The molecule has 0 radical (unpaired) electrons. The molecule has 1 atom stereocenters. The van der Waals surface area contributed by atoms with E-state index < -0.39 is 6.10 Å². The molecular weight excluding hydrogens is 270 g/mol. The van der Waals surface area contributed by atoms with Gasteiger partial charge in [-0.2, -0.15) is 11.3 Å². The molecule has 1 aromatic heterocycles. The van der Waals surface area contributed by atoms with Crippen molar-refractivity contribution in [3.8, 4) is 5.75 Å². The number of thiophene rings is 1. The zero-order valence-electron chi connectivity index (χ0n) is 9.64. The van der Waals surface area contributed by atoms with Crippen LogP contribution in [-0.2, 0) is 6.54 Å². The smallest absolute Gasteiger partial charge is 0.120 e. The van der Waals surface area contributed by atoms with Crippen LogP contribution in [0.5, 0.6) is 5.75 Å². The third kappa shape index (κ3) is 3.46. The van der Waals surface area contributed by atoms with Crippen molar-refractivity contribution in [1.29, 1.82) is 0 Å². The molecule has 0 fully saturated rings. The quantitative estimate of drug-likeness (QED) is 0.791. The first-order valence-electron chi connectivity index (χ1n) is 5.55. The lowest BCUT2D eigenvalue weighted by molar-refractivity contribution is 0.174. The maximum Gasteiger partial charge on any atom is 0.120 e. The monoisotopic (exact) mass is 283 g/mol. The summed E-state index contributed by atoms with van der Waals surface area (Å²) in [6.07, 6.45) is -0.530. The summed E-state index contributed by atoms with van der Waals surface area (Å²) in [5.74, 6) is 0.205. The van der Waals surface area contributed by atoms with Gasteiger partial charge in [-0.3, -0.25) is 0 Å². The van der Waals surface area contributed by atoms with Crippen molar-refractivity contribution in [2.45, 2.75) is 12.6 Å². The van der Waals surface area contributed by atoms with E-state index in [2.05, 4.69) is 5.32 Å². The van der Waals surface area contributed by atoms with Gasteiger partial charge in [0.2, 0.25) is 0 Å². The summed E-state index contributed by atoms with van der Waals surface area (Å²) >= 11 is 7.41. The van der Waals surface area contributed by atoms with E-state index in [4.69, 9.17) is 11.6 Å². The molecule has 2 aromatic rings. The molecule has 3 N–H and O–H groups in total. The Balaban J connectivity index is 1.87. The molecule has 1 unspecified atom stereocenters. The molecule has 0 bridgehead atoms. The van der Waals surface area contributed by atoms with Crippen molar-refractivity contribution < 1.29 is 10.2 Å². The topological polar surface area (TPSA) is 52.5 Å². The van der Waals surface area contributed by atoms with Gasteiger partial charge in [0.05, 0.1) is 6.10 Å². The van der Waals surface area contributed by atoms with E-state index in [-0.39, 0.29) is 5.75 Å². The van der Waals surface area contributed by atoms with Crippen LogP contribution in [-0.4, -0.2) is 16.8 Å². The minimum absolute atomic E-state index is 0.205. The normalized spacial score (nSPS) is 12.6. The van der Waals surface area contributed by atoms with Crippen molar-refractivity contribution in [2.24, 2.45) is 0 Å². The lowest BCUT2D eigenvalue weighted by atomic mass is 10.1. The molecule has 0 spiro atoms. The van der Waals surface area contributed by atoms with Crippen LogP contribution in [0.3, 0.4) is 0 Å². The van der Waals surface area contributed by atoms with E-state index in [1.807, 2.05) is 16.8 Å². The second-order valence-electron chi connectivity index (χ2n) is 3.98. The summed E-state index contributed by atoms with van der Waals surface area (Å²) < 4.78 is 0. The fraction of sp³-hybridized carbons (Fsp3) is 0.231. The molecule has 0 aliphatic rings. The maximum absolute atomic E-state index is 9.87. The molecule has 5 heteroatoms. The number of rotatable bonds is 5. The number of phenolic OH excluding ortho intramolecular Hbond substituents is 1. The Hall–Kier alpha value is -1.07. The number of phenols is 1. The van der Waals surface area contributed by atoms with E-state index in [9.17, 15) is 10.2 Å². The number of halogens is 1. The molecule has 18 heavy (non-hydrogen) atoms. The fourth-order valence-corrected chi connectivity index (χ4v) is 2.52. The molecule has 0 saturated carbocycles. The number of nitrogens with one attached hydrogen (secondary N) is 1. The third-order valence-corrected chi connectivity index (χ3v) is 3.56. The zero-order chi connectivity index (χ0) is 13.0. The molecule has 0 aliphatic carbocycles. The minimum atomic E-state index is -0.530. The van der Waals surface area contributed by atoms with Crippen LogP contribution in [0.15, 0.2) is 35.0 Å². The van der Waals surface area contributed by atoms with Crippen molar-refractivity contribution in [2.75, 3.05) is 6.54 Å². The first kappa shape index (κ1) is 13.4. The highest BCUT2D eigenvalue weighted by Crippen LogP contribution is 2.21. The first-order valence-corrected chi connectivity index (χ1v) is 6.87. The Labute approximate surface area is 115 Å². The molecule has 96 valence electrons. The van der Waals surface area contributed by atoms with Crippen LogP contribution >= 0.6 is 22.9 Å². The van der Waals surface area contributed by atoms with Gasteiger partial charge in [0.25, 0.3) is 0 Å². The van der Waals surface area contributed by atoms with Crippen molar-refractivity contribution in [3.05, 3.63) is 51.2 Å². The molecule has 0 amide bonds. The highest BCUT2D eigenvalue weighted by molar-refractivity contribution is 7.07. The Morgan fingerprint density at radius 2 is 2.17 bits per heavy atom. The Morgan fingerprint density at radius 1 is 1.33 bits per heavy atom. The van der Waals surface area contributed by atoms with Gasteiger partial charge in [-0.05, 0) is 40.6 Å². The van der Waals surface area contributed by atoms with Crippen molar-refractivity contribution >= 4 is 22.9 Å². The van der Waals surface area contributed by atoms with Crippen LogP contribution in [0.2, 0.25) is 5.02 Å². The predicted octanol–water partition coefficient (Wildman–Crippen LogP) is 2.93. The van der Waals surface area contributed by atoms with Gasteiger partial charge in [0.1, 0.15) is 5.75 Å². The summed E-state index contributed by atoms with van der Waals surface area (Å²) in [4.78, 5) is 0. The van der Waals surface area contributed by atoms with Crippen LogP contribution in [0.1, 0.15) is 17.2 Å². The molecule has 3 nitrogen and oxygen atoms in total. The van der Waals surface area contributed by atoms with E-state index in [1.165, 1.54) is 0 Å². The van der Waals surface area contributed by atoms with Gasteiger partial charge in [0, 0.05) is 23.7 Å². The number of aromatic hydroxyl groups is 1. The Kier molecular flexibility index (Phi) is 4.60. The van der Waals surface area contributed by atoms with Crippen molar-refractivity contribution in [1.82, 2.24) is 5.32 Å². The summed E-state index contributed by atoms with van der Waals surface area (Å²) in [7, 11) is 0. The lowest BCUT2D eigenvalue weighted by Crippen LogP contribution is -2.20. The van der Waals surface area contributed by atoms with Gasteiger partial charge in [-0.1, -0.05) is 11.6 Å². The Morgan fingerprint density at radius 3 is 2.89 bits per heavy atom. The molecule has 1 heterocycles. The summed E-state index contributed by atoms with van der Waals surface area (Å²) in [5.41, 5.74) is 1.63. The SMILES string of the molecule is Oc1ccc(Cl)cc1CNCC(O)c1ccsc1. The van der Waals surface area contributed by atoms with Gasteiger partial charge < -0.3 is 15.5 Å². The summed E-state index contributed by atoms with van der Waals surface area (Å²) in [6.45, 7) is 0.899. The second-order valence-corrected chi connectivity index (χ2v) is 5.19. The van der Waals surface area contributed by atoms with E-state index in [0.717, 1.165) is 11.1 Å². The van der Waals surface area contributed by atoms with Crippen molar-refractivity contribution in [3.63, 3.8) is 0 Å². The summed E-state index contributed by atoms with van der Waals surface area (Å²) in [5, 5.41) is 27.0. The van der Waals surface area contributed by atoms with E-state index in [0.29, 0.717) is 18.1 Å². The van der Waals surface area contributed by atoms with Crippen LogP contribution in [0, 0.1) is 0 Å². The third-order valence-electron chi connectivity index (χ3n) is 2.62. The van der Waals surface area contributed by atoms with Gasteiger partial charge in [-0.15, -0.1) is 0 Å². The second kappa shape index (κ2) is 6.20. The highest BCUT2D eigenvalue weighted by Gasteiger charge is 2.08. The molecule has 1 aromatic carbocycles. The largest absolute Gasteiger partial charge is 0.508 e. The minimum Gasteiger partial charge on any atom is -0.508 e. The summed E-state index contributed by atoms with van der Waals surface area (Å²) in [6, 6.07) is 6.81. The fourth-order valence-electron chi connectivity index (χ4n) is 1.62. The molecule has 2 rings (SSSR count). The van der Waals surface area contributed by atoms with E-state index in [1.54, 1.807) is 29.5 Å². The number of aliphatic hydroxyl groups is 1. The maximum atomic E-state index is 9.87. The molecule has 0 aliphatic heterocycles. The average Bonchev–Trinajstić information content (AvgIpc) is 2.87.